The summed E-state index contributed by atoms with van der Waals surface area (Å²) in [5.74, 6) is 0.493. The number of aryl methyl sites for hydroxylation is 1. The number of carbonyl (C=O) groups is 1. The van der Waals surface area contributed by atoms with Crippen LogP contribution in [0.1, 0.15) is 53.5 Å². The monoisotopic (exact) mass is 622 g/mol. The highest BCUT2D eigenvalue weighted by Gasteiger charge is 2.36. The van der Waals surface area contributed by atoms with Crippen LogP contribution in [0.2, 0.25) is 5.02 Å². The van der Waals surface area contributed by atoms with Crippen molar-refractivity contribution in [2.75, 3.05) is 0 Å². The summed E-state index contributed by atoms with van der Waals surface area (Å²) in [6.07, 6.45) is 1.50. The smallest absolute Gasteiger partial charge is 0.334 e. The molecule has 1 aliphatic heterocycles. The lowest BCUT2D eigenvalue weighted by Gasteiger charge is -2.35. The summed E-state index contributed by atoms with van der Waals surface area (Å²) >= 11 is 5.80. The molecule has 5 aromatic rings. The van der Waals surface area contributed by atoms with Crippen molar-refractivity contribution in [1.29, 1.82) is 0 Å². The molecule has 228 valence electrons. The zero-order chi connectivity index (χ0) is 31.5. The minimum atomic E-state index is -4.71. The van der Waals surface area contributed by atoms with Gasteiger partial charge in [0.25, 0.3) is 11.5 Å². The van der Waals surface area contributed by atoms with Gasteiger partial charge in [-0.25, -0.2) is 9.50 Å². The van der Waals surface area contributed by atoms with Crippen LogP contribution in [0.5, 0.6) is 0 Å². The number of fused-ring (bicyclic) bond motifs is 3. The maximum atomic E-state index is 14.3. The second kappa shape index (κ2) is 11.0. The first-order valence-corrected chi connectivity index (χ1v) is 14.6. The van der Waals surface area contributed by atoms with Gasteiger partial charge in [-0.05, 0) is 68.1 Å². The van der Waals surface area contributed by atoms with Gasteiger partial charge >= 0.3 is 6.18 Å². The fraction of sp³-hybridized carbons (Fsp3) is 0.312. The van der Waals surface area contributed by atoms with Crippen molar-refractivity contribution in [2.24, 2.45) is 13.0 Å². The summed E-state index contributed by atoms with van der Waals surface area (Å²) in [4.78, 5) is 33.8. The van der Waals surface area contributed by atoms with Crippen molar-refractivity contribution in [2.45, 2.75) is 52.4 Å². The van der Waals surface area contributed by atoms with Crippen molar-refractivity contribution in [3.8, 4) is 17.1 Å². The first-order chi connectivity index (χ1) is 20.8. The highest BCUT2D eigenvalue weighted by molar-refractivity contribution is 6.31. The molecule has 1 unspecified atom stereocenters. The van der Waals surface area contributed by atoms with Crippen molar-refractivity contribution in [3.63, 3.8) is 0 Å². The average Bonchev–Trinajstić information content (AvgIpc) is 3.58. The van der Waals surface area contributed by atoms with E-state index in [9.17, 15) is 22.8 Å². The van der Waals surface area contributed by atoms with E-state index in [2.05, 4.69) is 23.9 Å². The minimum absolute atomic E-state index is 0.00673. The largest absolute Gasteiger partial charge is 0.417 e. The standard InChI is InChI=1S/C32H30ClF3N6O2/c1-18(2)13-22-16-38-42-27-17-40(30(43)21-7-10-26(33)25(15-21)32(34,35)36)19(3)14-24(27)31(44)41(29(22)42)23-8-5-20(6-9-23)28-37-11-12-39(28)4/h5-12,15-16,18-19H,13-14,17H2,1-4H3. The van der Waals surface area contributed by atoms with Crippen LogP contribution < -0.4 is 5.56 Å². The highest BCUT2D eigenvalue weighted by atomic mass is 35.5. The number of benzene rings is 2. The van der Waals surface area contributed by atoms with Gasteiger partial charge in [0.2, 0.25) is 0 Å². The highest BCUT2D eigenvalue weighted by Crippen LogP contribution is 2.36. The number of hydrogen-bond acceptors (Lipinski definition) is 4. The molecule has 0 radical (unpaired) electrons. The quantitative estimate of drug-likeness (QED) is 0.229. The van der Waals surface area contributed by atoms with E-state index in [1.165, 1.54) is 11.0 Å². The van der Waals surface area contributed by atoms with Gasteiger partial charge in [-0.3, -0.25) is 14.2 Å². The fourth-order valence-corrected chi connectivity index (χ4v) is 6.15. The van der Waals surface area contributed by atoms with Gasteiger partial charge < -0.3 is 9.47 Å². The Bertz CT molecular complexity index is 1960. The molecule has 0 saturated carbocycles. The molecule has 44 heavy (non-hydrogen) atoms. The zero-order valence-corrected chi connectivity index (χ0v) is 25.3. The lowest BCUT2D eigenvalue weighted by molar-refractivity contribution is -0.137. The van der Waals surface area contributed by atoms with Crippen LogP contribution in [0.15, 0.2) is 65.8 Å². The van der Waals surface area contributed by atoms with Crippen LogP contribution >= 0.6 is 11.6 Å². The van der Waals surface area contributed by atoms with Crippen molar-refractivity contribution < 1.29 is 18.0 Å². The number of nitrogens with zero attached hydrogens (tertiary/aromatic N) is 6. The Balaban J connectivity index is 1.46. The Labute approximate surface area is 256 Å². The van der Waals surface area contributed by atoms with Gasteiger partial charge in [-0.15, -0.1) is 0 Å². The maximum absolute atomic E-state index is 14.3. The molecule has 0 spiro atoms. The van der Waals surface area contributed by atoms with E-state index in [0.717, 1.165) is 29.1 Å². The Kier molecular flexibility index (Phi) is 7.39. The lowest BCUT2D eigenvalue weighted by atomic mass is 9.97. The molecule has 0 N–H and O–H groups in total. The van der Waals surface area contributed by atoms with Gasteiger partial charge in [0.1, 0.15) is 11.5 Å². The Morgan fingerprint density at radius 3 is 2.50 bits per heavy atom. The van der Waals surface area contributed by atoms with E-state index in [1.54, 1.807) is 28.4 Å². The van der Waals surface area contributed by atoms with Gasteiger partial charge in [-0.2, -0.15) is 18.3 Å². The van der Waals surface area contributed by atoms with Crippen LogP contribution in [0.25, 0.3) is 22.7 Å². The number of aromatic nitrogens is 5. The number of halogens is 4. The summed E-state index contributed by atoms with van der Waals surface area (Å²) in [5.41, 5.74) is 2.67. The molecule has 0 saturated heterocycles. The van der Waals surface area contributed by atoms with Crippen molar-refractivity contribution >= 4 is 23.2 Å². The van der Waals surface area contributed by atoms with E-state index in [1.807, 2.05) is 42.1 Å². The lowest BCUT2D eigenvalue weighted by Crippen LogP contribution is -2.46. The van der Waals surface area contributed by atoms with E-state index in [0.29, 0.717) is 29.0 Å². The summed E-state index contributed by atoms with van der Waals surface area (Å²) in [6.45, 7) is 5.95. The summed E-state index contributed by atoms with van der Waals surface area (Å²) in [5, 5.41) is 4.19. The molecule has 6 rings (SSSR count). The molecule has 8 nitrogen and oxygen atoms in total. The molecule has 1 amide bonds. The van der Waals surface area contributed by atoms with Crippen LogP contribution in [-0.2, 0) is 32.6 Å². The van der Waals surface area contributed by atoms with E-state index in [-0.39, 0.29) is 30.0 Å². The van der Waals surface area contributed by atoms with Gasteiger partial charge in [-0.1, -0.05) is 25.4 Å². The fourth-order valence-electron chi connectivity index (χ4n) is 5.92. The normalized spacial score (nSPS) is 15.3. The second-order valence-corrected chi connectivity index (χ2v) is 12.1. The Hall–Kier alpha value is -4.38. The van der Waals surface area contributed by atoms with Crippen LogP contribution in [-0.4, -0.2) is 40.6 Å². The topological polar surface area (TPSA) is 77.4 Å². The molecular formula is C32H30ClF3N6O2. The van der Waals surface area contributed by atoms with Gasteiger partial charge in [0.15, 0.2) is 0 Å². The summed E-state index contributed by atoms with van der Waals surface area (Å²) in [6, 6.07) is 10.3. The van der Waals surface area contributed by atoms with Crippen molar-refractivity contribution in [3.05, 3.63) is 104 Å². The molecule has 12 heteroatoms. The van der Waals surface area contributed by atoms with Gasteiger partial charge in [0.05, 0.1) is 34.7 Å². The minimum Gasteiger partial charge on any atom is -0.334 e. The predicted octanol–water partition coefficient (Wildman–Crippen LogP) is 6.34. The van der Waals surface area contributed by atoms with E-state index in [4.69, 9.17) is 11.6 Å². The molecular weight excluding hydrogens is 593 g/mol. The third-order valence-electron chi connectivity index (χ3n) is 8.06. The third kappa shape index (κ3) is 5.08. The zero-order valence-electron chi connectivity index (χ0n) is 24.6. The summed E-state index contributed by atoms with van der Waals surface area (Å²) in [7, 11) is 1.91. The van der Waals surface area contributed by atoms with Crippen LogP contribution in [0.3, 0.4) is 0 Å². The second-order valence-electron chi connectivity index (χ2n) is 11.7. The first-order valence-electron chi connectivity index (χ1n) is 14.2. The number of alkyl halides is 3. The third-order valence-corrected chi connectivity index (χ3v) is 8.39. The van der Waals surface area contributed by atoms with Crippen molar-refractivity contribution in [1.82, 2.24) is 28.6 Å². The molecule has 3 aromatic heterocycles. The van der Waals surface area contributed by atoms with E-state index < -0.39 is 28.7 Å². The Morgan fingerprint density at radius 1 is 1.14 bits per heavy atom. The van der Waals surface area contributed by atoms with E-state index >= 15 is 0 Å². The first kappa shape index (κ1) is 29.7. The molecule has 0 fully saturated rings. The number of hydrogen-bond donors (Lipinski definition) is 0. The summed E-state index contributed by atoms with van der Waals surface area (Å²) < 4.78 is 45.9. The average molecular weight is 623 g/mol. The van der Waals surface area contributed by atoms with Crippen LogP contribution in [0.4, 0.5) is 13.2 Å². The Morgan fingerprint density at radius 2 is 1.86 bits per heavy atom. The molecule has 2 aromatic carbocycles. The molecule has 4 heterocycles. The molecule has 1 aliphatic rings. The molecule has 1 atom stereocenters. The number of carbonyl (C=O) groups excluding carboxylic acids is 1. The predicted molar refractivity (Wildman–Crippen MR) is 161 cm³/mol. The van der Waals surface area contributed by atoms with Crippen LogP contribution in [0, 0.1) is 5.92 Å². The number of amides is 1. The SMILES string of the molecule is CC(C)Cc1cnn2c3c(c(=O)n(-c4ccc(-c5nccn5C)cc4)c12)CC(C)N(C(=O)c1ccc(Cl)c(C(F)(F)F)c1)C3. The molecule has 0 bridgehead atoms. The molecule has 0 aliphatic carbocycles. The number of rotatable bonds is 5. The number of imidazole rings is 1. The van der Waals surface area contributed by atoms with Gasteiger partial charge in [0, 0.05) is 47.7 Å². The maximum Gasteiger partial charge on any atom is 0.417 e.